The Kier molecular flexibility index (Phi) is 9.68. The van der Waals surface area contributed by atoms with Crippen molar-refractivity contribution in [2.75, 3.05) is 39.5 Å². The summed E-state index contributed by atoms with van der Waals surface area (Å²) in [6.07, 6.45) is 0. The highest BCUT2D eigenvalue weighted by Gasteiger charge is 2.28. The fourth-order valence-electron chi connectivity index (χ4n) is 2.98. The van der Waals surface area contributed by atoms with Crippen LogP contribution in [0.5, 0.6) is 0 Å². The molecule has 0 bridgehead atoms. The van der Waals surface area contributed by atoms with Crippen LogP contribution in [0.15, 0.2) is 23.2 Å². The summed E-state index contributed by atoms with van der Waals surface area (Å²) in [4.78, 5) is 9.12. The second kappa shape index (κ2) is 10.7. The van der Waals surface area contributed by atoms with Crippen LogP contribution in [0, 0.1) is 5.82 Å². The quantitative estimate of drug-likeness (QED) is 0.384. The van der Waals surface area contributed by atoms with Crippen molar-refractivity contribution in [3.8, 4) is 0 Å². The summed E-state index contributed by atoms with van der Waals surface area (Å²) in [7, 11) is 3.90. The molecule has 0 spiro atoms. The fraction of sp³-hybridized carbons (Fsp3) is 0.632. The predicted molar refractivity (Wildman–Crippen MR) is 122 cm³/mol. The highest BCUT2D eigenvalue weighted by Crippen LogP contribution is 2.29. The van der Waals surface area contributed by atoms with Crippen molar-refractivity contribution in [2.24, 2.45) is 4.99 Å². The van der Waals surface area contributed by atoms with E-state index in [0.29, 0.717) is 13.1 Å². The van der Waals surface area contributed by atoms with E-state index < -0.39 is 0 Å². The van der Waals surface area contributed by atoms with E-state index in [1.807, 2.05) is 42.9 Å². The molecular formula is C19H32FIN4S. The van der Waals surface area contributed by atoms with Crippen molar-refractivity contribution in [3.63, 3.8) is 0 Å². The monoisotopic (exact) mass is 494 g/mol. The smallest absolute Gasteiger partial charge is 0.194 e. The number of hydrogen-bond donors (Lipinski definition) is 1. The van der Waals surface area contributed by atoms with Gasteiger partial charge < -0.3 is 15.1 Å². The Hall–Kier alpha value is -0.540. The zero-order valence-electron chi connectivity index (χ0n) is 16.5. The van der Waals surface area contributed by atoms with E-state index in [1.54, 1.807) is 6.07 Å². The summed E-state index contributed by atoms with van der Waals surface area (Å²) in [5.74, 6) is 1.92. The van der Waals surface area contributed by atoms with E-state index in [0.717, 1.165) is 42.5 Å². The molecule has 0 radical (unpaired) electrons. The molecule has 7 heteroatoms. The van der Waals surface area contributed by atoms with E-state index in [9.17, 15) is 4.39 Å². The van der Waals surface area contributed by atoms with Crippen LogP contribution in [0.25, 0.3) is 0 Å². The number of thioether (sulfide) groups is 1. The Labute approximate surface area is 179 Å². The van der Waals surface area contributed by atoms with Gasteiger partial charge in [0.15, 0.2) is 5.96 Å². The van der Waals surface area contributed by atoms with Crippen LogP contribution in [0.2, 0.25) is 0 Å². The third kappa shape index (κ3) is 7.23. The Morgan fingerprint density at radius 1 is 1.38 bits per heavy atom. The summed E-state index contributed by atoms with van der Waals surface area (Å²) in [6.45, 7) is 10.6. The second-order valence-electron chi connectivity index (χ2n) is 7.36. The van der Waals surface area contributed by atoms with Gasteiger partial charge in [0, 0.05) is 42.2 Å². The van der Waals surface area contributed by atoms with Crippen molar-refractivity contribution in [2.45, 2.75) is 38.6 Å². The molecule has 1 aliphatic heterocycles. The maximum Gasteiger partial charge on any atom is 0.194 e. The van der Waals surface area contributed by atoms with Gasteiger partial charge in [-0.1, -0.05) is 6.07 Å². The van der Waals surface area contributed by atoms with Gasteiger partial charge in [0.25, 0.3) is 0 Å². The SMILES string of the molecule is CCNC(=NCc1ccc(F)c(CN(C)C)c1)N1CCSC(C)(C)C1.I. The number of guanidine groups is 1. The number of halogens is 2. The lowest BCUT2D eigenvalue weighted by Crippen LogP contribution is -2.50. The third-order valence-corrected chi connectivity index (χ3v) is 5.37. The summed E-state index contributed by atoms with van der Waals surface area (Å²) < 4.78 is 14.2. The molecule has 26 heavy (non-hydrogen) atoms. The molecule has 0 unspecified atom stereocenters. The summed E-state index contributed by atoms with van der Waals surface area (Å²) in [5, 5.41) is 3.40. The third-order valence-electron chi connectivity index (χ3n) is 4.07. The van der Waals surface area contributed by atoms with Crippen LogP contribution >= 0.6 is 35.7 Å². The number of aliphatic imine (C=N–C) groups is 1. The second-order valence-corrected chi connectivity index (χ2v) is 9.17. The summed E-state index contributed by atoms with van der Waals surface area (Å²) >= 11 is 2.01. The molecule has 0 saturated carbocycles. The van der Waals surface area contributed by atoms with Gasteiger partial charge in [0.05, 0.1) is 6.54 Å². The normalized spacial score (nSPS) is 17.2. The molecule has 1 saturated heterocycles. The topological polar surface area (TPSA) is 30.9 Å². The first-order chi connectivity index (χ1) is 11.8. The molecule has 0 amide bonds. The van der Waals surface area contributed by atoms with Crippen molar-refractivity contribution < 1.29 is 4.39 Å². The number of nitrogens with zero attached hydrogens (tertiary/aromatic N) is 3. The number of rotatable bonds is 5. The van der Waals surface area contributed by atoms with Crippen molar-refractivity contribution in [1.82, 2.24) is 15.1 Å². The molecule has 1 aliphatic rings. The predicted octanol–water partition coefficient (Wildman–Crippen LogP) is 3.80. The average Bonchev–Trinajstić information content (AvgIpc) is 2.52. The molecule has 4 nitrogen and oxygen atoms in total. The lowest BCUT2D eigenvalue weighted by molar-refractivity contribution is 0.375. The van der Waals surface area contributed by atoms with Crippen molar-refractivity contribution in [1.29, 1.82) is 0 Å². The van der Waals surface area contributed by atoms with Gasteiger partial charge in [-0.05, 0) is 52.6 Å². The fourth-order valence-corrected chi connectivity index (χ4v) is 4.09. The Balaban J connectivity index is 0.00000338. The van der Waals surface area contributed by atoms with Crippen LogP contribution in [0.4, 0.5) is 4.39 Å². The number of benzene rings is 1. The van der Waals surface area contributed by atoms with Gasteiger partial charge in [0.1, 0.15) is 5.82 Å². The molecule has 0 atom stereocenters. The molecular weight excluding hydrogens is 462 g/mol. The summed E-state index contributed by atoms with van der Waals surface area (Å²) in [6, 6.07) is 5.31. The summed E-state index contributed by atoms with van der Waals surface area (Å²) in [5.41, 5.74) is 1.76. The van der Waals surface area contributed by atoms with E-state index in [4.69, 9.17) is 4.99 Å². The molecule has 1 fully saturated rings. The van der Waals surface area contributed by atoms with Gasteiger partial charge in [-0.2, -0.15) is 11.8 Å². The van der Waals surface area contributed by atoms with Gasteiger partial charge in [-0.3, -0.25) is 0 Å². The van der Waals surface area contributed by atoms with E-state index >= 15 is 0 Å². The molecule has 1 aromatic rings. The van der Waals surface area contributed by atoms with E-state index in [1.165, 1.54) is 0 Å². The van der Waals surface area contributed by atoms with Gasteiger partial charge >= 0.3 is 0 Å². The minimum absolute atomic E-state index is 0. The van der Waals surface area contributed by atoms with Crippen LogP contribution in [0.3, 0.4) is 0 Å². The maximum atomic E-state index is 13.9. The maximum absolute atomic E-state index is 13.9. The lowest BCUT2D eigenvalue weighted by Gasteiger charge is -2.39. The number of nitrogens with one attached hydrogen (secondary N) is 1. The Morgan fingerprint density at radius 2 is 2.12 bits per heavy atom. The van der Waals surface area contributed by atoms with Crippen LogP contribution in [0.1, 0.15) is 31.9 Å². The molecule has 1 heterocycles. The molecule has 0 aliphatic carbocycles. The highest BCUT2D eigenvalue weighted by atomic mass is 127. The van der Waals surface area contributed by atoms with E-state index in [-0.39, 0.29) is 34.5 Å². The van der Waals surface area contributed by atoms with Crippen LogP contribution in [-0.4, -0.2) is 60.0 Å². The van der Waals surface area contributed by atoms with Crippen LogP contribution in [-0.2, 0) is 13.1 Å². The Morgan fingerprint density at radius 3 is 2.73 bits per heavy atom. The first kappa shape index (κ1) is 23.5. The molecule has 1 aromatic carbocycles. The standard InChI is InChI=1S/C19H31FN4S.HI/c1-6-21-18(24-9-10-25-19(2,3)14-24)22-12-15-7-8-17(20)16(11-15)13-23(4)5;/h7-8,11H,6,9-10,12-14H2,1-5H3,(H,21,22);1H. The minimum Gasteiger partial charge on any atom is -0.357 e. The van der Waals surface area contributed by atoms with Gasteiger partial charge in [0.2, 0.25) is 0 Å². The van der Waals surface area contributed by atoms with Crippen molar-refractivity contribution >= 4 is 41.7 Å². The van der Waals surface area contributed by atoms with E-state index in [2.05, 4.69) is 31.0 Å². The van der Waals surface area contributed by atoms with Gasteiger partial charge in [-0.15, -0.1) is 24.0 Å². The minimum atomic E-state index is -0.150. The Bertz CT molecular complexity index is 607. The highest BCUT2D eigenvalue weighted by molar-refractivity contribution is 14.0. The molecule has 2 rings (SSSR count). The first-order valence-corrected chi connectivity index (χ1v) is 9.88. The molecule has 148 valence electrons. The largest absolute Gasteiger partial charge is 0.357 e. The zero-order valence-corrected chi connectivity index (χ0v) is 19.7. The van der Waals surface area contributed by atoms with Crippen LogP contribution < -0.4 is 5.32 Å². The van der Waals surface area contributed by atoms with Gasteiger partial charge in [-0.25, -0.2) is 9.38 Å². The molecule has 1 N–H and O–H groups in total. The number of hydrogen-bond acceptors (Lipinski definition) is 3. The lowest BCUT2D eigenvalue weighted by atomic mass is 10.1. The average molecular weight is 494 g/mol. The molecule has 0 aromatic heterocycles. The first-order valence-electron chi connectivity index (χ1n) is 8.90. The van der Waals surface area contributed by atoms with Crippen molar-refractivity contribution in [3.05, 3.63) is 35.1 Å². The zero-order chi connectivity index (χ0) is 18.4.